The third-order valence-corrected chi connectivity index (χ3v) is 4.52. The molecule has 0 saturated carbocycles. The summed E-state index contributed by atoms with van der Waals surface area (Å²) in [4.78, 5) is 51.2. The van der Waals surface area contributed by atoms with E-state index in [0.717, 1.165) is 0 Å². The number of amides is 3. The van der Waals surface area contributed by atoms with E-state index >= 15 is 0 Å². The van der Waals surface area contributed by atoms with Crippen LogP contribution in [0.4, 0.5) is 4.79 Å². The highest BCUT2D eigenvalue weighted by Crippen LogP contribution is 2.28. The Morgan fingerprint density at radius 2 is 1.67 bits per heavy atom. The van der Waals surface area contributed by atoms with Crippen molar-refractivity contribution in [1.29, 1.82) is 0 Å². The van der Waals surface area contributed by atoms with Crippen LogP contribution in [0.3, 0.4) is 0 Å². The van der Waals surface area contributed by atoms with Gasteiger partial charge < -0.3 is 15.1 Å². The normalized spacial score (nSPS) is 28.6. The molecule has 0 unspecified atom stereocenters. The fraction of sp³-hybridized carbons (Fsp3) is 0.786. The number of hydroxylamine groups is 4. The monoisotopic (exact) mass is 342 g/mol. The van der Waals surface area contributed by atoms with Crippen LogP contribution >= 0.6 is 0 Å². The first-order valence-corrected chi connectivity index (χ1v) is 7.75. The van der Waals surface area contributed by atoms with E-state index < -0.39 is 35.0 Å². The third-order valence-electron chi connectivity index (χ3n) is 4.52. The molecule has 0 aromatic heterocycles. The Balaban J connectivity index is 2.15. The highest BCUT2D eigenvalue weighted by atomic mass is 16.7. The standard InChI is InChI=1S/C14H22N4O6/c1-13(2)7-9(8-14(3,4)18(13)23)16(15-22)12(21)24-17-10(19)5-6-11(17)20/h9,18H,5-8H2,1-4H3. The maximum absolute atomic E-state index is 12.4. The van der Waals surface area contributed by atoms with Gasteiger partial charge in [0.25, 0.3) is 11.8 Å². The van der Waals surface area contributed by atoms with Crippen LogP contribution in [0.2, 0.25) is 0 Å². The number of rotatable bonds is 3. The molecule has 134 valence electrons. The second kappa shape index (κ2) is 6.10. The smallest absolute Gasteiger partial charge is 0.458 e. The zero-order valence-corrected chi connectivity index (χ0v) is 14.2. The fourth-order valence-electron chi connectivity index (χ4n) is 3.55. The Morgan fingerprint density at radius 1 is 1.21 bits per heavy atom. The molecule has 2 saturated heterocycles. The second-order valence-corrected chi connectivity index (χ2v) is 7.52. The van der Waals surface area contributed by atoms with Crippen molar-refractivity contribution < 1.29 is 24.3 Å². The molecule has 0 bridgehead atoms. The van der Waals surface area contributed by atoms with Gasteiger partial charge in [0.15, 0.2) is 0 Å². The molecule has 0 aromatic carbocycles. The van der Waals surface area contributed by atoms with E-state index in [9.17, 15) is 24.5 Å². The number of hydrogen-bond donors (Lipinski definition) is 1. The topological polar surface area (TPSA) is 124 Å². The molecule has 3 amide bonds. The van der Waals surface area contributed by atoms with Crippen molar-refractivity contribution >= 4 is 17.9 Å². The largest absolute Gasteiger partial charge is 0.634 e. The molecule has 2 aliphatic rings. The molecule has 24 heavy (non-hydrogen) atoms. The van der Waals surface area contributed by atoms with Gasteiger partial charge in [-0.1, -0.05) is 0 Å². The van der Waals surface area contributed by atoms with E-state index in [1.54, 1.807) is 27.7 Å². The van der Waals surface area contributed by atoms with Crippen molar-refractivity contribution in [3.63, 3.8) is 0 Å². The van der Waals surface area contributed by atoms with E-state index in [4.69, 9.17) is 4.84 Å². The molecular formula is C14H22N4O6. The molecule has 0 aliphatic carbocycles. The predicted molar refractivity (Wildman–Crippen MR) is 80.7 cm³/mol. The van der Waals surface area contributed by atoms with Crippen molar-refractivity contribution in [3.05, 3.63) is 10.1 Å². The summed E-state index contributed by atoms with van der Waals surface area (Å²) in [5, 5.41) is 16.1. The summed E-state index contributed by atoms with van der Waals surface area (Å²) in [6, 6.07) is -0.662. The lowest BCUT2D eigenvalue weighted by Crippen LogP contribution is -3.23. The Morgan fingerprint density at radius 3 is 2.08 bits per heavy atom. The van der Waals surface area contributed by atoms with E-state index in [1.807, 2.05) is 0 Å². The molecule has 10 heteroatoms. The number of piperidine rings is 1. The van der Waals surface area contributed by atoms with Crippen LogP contribution in [-0.2, 0) is 14.4 Å². The van der Waals surface area contributed by atoms with Crippen LogP contribution in [0.15, 0.2) is 5.29 Å². The van der Waals surface area contributed by atoms with E-state index in [1.165, 1.54) is 0 Å². The van der Waals surface area contributed by atoms with Gasteiger partial charge in [-0.05, 0) is 27.7 Å². The van der Waals surface area contributed by atoms with Gasteiger partial charge in [-0.3, -0.25) is 9.59 Å². The molecule has 0 spiro atoms. The molecule has 10 nitrogen and oxygen atoms in total. The summed E-state index contributed by atoms with van der Waals surface area (Å²) in [7, 11) is 0. The zero-order valence-electron chi connectivity index (χ0n) is 14.2. The van der Waals surface area contributed by atoms with Crippen LogP contribution in [0.25, 0.3) is 0 Å². The van der Waals surface area contributed by atoms with Gasteiger partial charge in [-0.15, -0.1) is 9.97 Å². The molecule has 1 N–H and O–H groups in total. The number of quaternary nitrogens is 1. The van der Waals surface area contributed by atoms with Crippen molar-refractivity contribution in [1.82, 2.24) is 10.1 Å². The molecule has 2 fully saturated rings. The first-order chi connectivity index (χ1) is 11.0. The van der Waals surface area contributed by atoms with Crippen LogP contribution in [0, 0.1) is 10.1 Å². The summed E-state index contributed by atoms with van der Waals surface area (Å²) in [5.74, 6) is -1.28. The molecule has 2 heterocycles. The number of hydrogen-bond acceptors (Lipinski definition) is 7. The summed E-state index contributed by atoms with van der Waals surface area (Å²) < 4.78 is 0. The molecule has 0 aromatic rings. The van der Waals surface area contributed by atoms with Crippen molar-refractivity contribution in [2.75, 3.05) is 0 Å². The first-order valence-electron chi connectivity index (χ1n) is 7.75. The number of carbonyl (C=O) groups is 3. The number of imide groups is 1. The average Bonchev–Trinajstić information content (AvgIpc) is 2.77. The van der Waals surface area contributed by atoms with Gasteiger partial charge in [0.1, 0.15) is 0 Å². The quantitative estimate of drug-likeness (QED) is 0.340. The van der Waals surface area contributed by atoms with Gasteiger partial charge in [0.2, 0.25) is 0 Å². The van der Waals surface area contributed by atoms with E-state index in [0.29, 0.717) is 10.1 Å². The van der Waals surface area contributed by atoms with Crippen molar-refractivity contribution in [2.24, 2.45) is 5.29 Å². The Labute approximate surface area is 139 Å². The Kier molecular flexibility index (Phi) is 4.64. The zero-order chi connectivity index (χ0) is 18.3. The summed E-state index contributed by atoms with van der Waals surface area (Å²) >= 11 is 0. The lowest BCUT2D eigenvalue weighted by Gasteiger charge is -2.54. The molecule has 0 radical (unpaired) electrons. The van der Waals surface area contributed by atoms with Gasteiger partial charge >= 0.3 is 6.09 Å². The number of nitrogens with one attached hydrogen (secondary N) is 1. The summed E-state index contributed by atoms with van der Waals surface area (Å²) in [6.07, 6.45) is -0.813. The minimum atomic E-state index is -1.19. The minimum absolute atomic E-state index is 0.0374. The van der Waals surface area contributed by atoms with E-state index in [-0.39, 0.29) is 30.7 Å². The molecule has 0 atom stereocenters. The Bertz CT molecular complexity index is 542. The van der Waals surface area contributed by atoms with E-state index in [2.05, 4.69) is 5.29 Å². The minimum Gasteiger partial charge on any atom is -0.634 e. The van der Waals surface area contributed by atoms with Crippen molar-refractivity contribution in [3.8, 4) is 0 Å². The van der Waals surface area contributed by atoms with Crippen LogP contribution in [-0.4, -0.2) is 45.1 Å². The number of nitroso groups, excluding NO2 is 1. The maximum Gasteiger partial charge on any atom is 0.458 e. The van der Waals surface area contributed by atoms with Gasteiger partial charge in [-0.25, -0.2) is 4.79 Å². The Hall–Kier alpha value is -2.07. The van der Waals surface area contributed by atoms with Gasteiger partial charge in [-0.2, -0.15) is 5.01 Å². The van der Waals surface area contributed by atoms with Gasteiger partial charge in [0, 0.05) is 25.7 Å². The summed E-state index contributed by atoms with van der Waals surface area (Å²) in [6.45, 7) is 6.96. The van der Waals surface area contributed by atoms with Gasteiger partial charge in [0.05, 0.1) is 22.4 Å². The average molecular weight is 342 g/mol. The predicted octanol–water partition coefficient (Wildman–Crippen LogP) is 0.273. The lowest BCUT2D eigenvalue weighted by molar-refractivity contribution is -0.955. The first kappa shape index (κ1) is 18.3. The van der Waals surface area contributed by atoms with Crippen molar-refractivity contribution in [2.45, 2.75) is 70.5 Å². The fourth-order valence-corrected chi connectivity index (χ4v) is 3.55. The SMILES string of the molecule is CC1(C)CC(N(N=O)C(=O)ON2C(=O)CCC2=O)CC(C)(C)[NH+]1[O-]. The second-order valence-electron chi connectivity index (χ2n) is 7.52. The molecule has 2 aliphatic heterocycles. The third kappa shape index (κ3) is 3.24. The van der Waals surface area contributed by atoms with Crippen LogP contribution < -0.4 is 5.06 Å². The number of nitrogens with zero attached hydrogens (tertiary/aromatic N) is 3. The van der Waals surface area contributed by atoms with Crippen LogP contribution in [0.1, 0.15) is 53.4 Å². The highest BCUT2D eigenvalue weighted by Gasteiger charge is 2.49. The van der Waals surface area contributed by atoms with Crippen LogP contribution in [0.5, 0.6) is 0 Å². The maximum atomic E-state index is 12.4. The molecular weight excluding hydrogens is 320 g/mol. The highest BCUT2D eigenvalue weighted by molar-refractivity contribution is 6.01. The summed E-state index contributed by atoms with van der Waals surface area (Å²) in [5.41, 5.74) is -1.48. The number of carbonyl (C=O) groups excluding carboxylic acids is 3. The molecule has 2 rings (SSSR count). The lowest BCUT2D eigenvalue weighted by atomic mass is 9.79.